The van der Waals surface area contributed by atoms with E-state index in [9.17, 15) is 0 Å². The summed E-state index contributed by atoms with van der Waals surface area (Å²) in [6.45, 7) is 4.88. The summed E-state index contributed by atoms with van der Waals surface area (Å²) >= 11 is 3.54. The molecule has 1 aliphatic heterocycles. The Bertz CT molecular complexity index is 130. The van der Waals surface area contributed by atoms with Gasteiger partial charge in [-0.05, 0) is 25.2 Å². The summed E-state index contributed by atoms with van der Waals surface area (Å²) in [4.78, 5) is 0. The van der Waals surface area contributed by atoms with Gasteiger partial charge in [0.25, 0.3) is 0 Å². The van der Waals surface area contributed by atoms with Crippen LogP contribution in [0.25, 0.3) is 0 Å². The van der Waals surface area contributed by atoms with Crippen molar-refractivity contribution in [3.63, 3.8) is 0 Å². The van der Waals surface area contributed by atoms with Crippen molar-refractivity contribution in [3.05, 3.63) is 0 Å². The number of rotatable bonds is 6. The Morgan fingerprint density at radius 2 is 2.14 bits per heavy atom. The van der Waals surface area contributed by atoms with E-state index in [4.69, 9.17) is 9.47 Å². The highest BCUT2D eigenvalue weighted by molar-refractivity contribution is 9.09. The number of halogens is 1. The number of hydrogen-bond acceptors (Lipinski definition) is 2. The second kappa shape index (κ2) is 7.66. The maximum atomic E-state index is 5.88. The molecule has 1 saturated heterocycles. The normalized spacial score (nSPS) is 21.0. The molecule has 0 saturated carbocycles. The molecule has 1 unspecified atom stereocenters. The van der Waals surface area contributed by atoms with E-state index in [1.54, 1.807) is 0 Å². The van der Waals surface area contributed by atoms with Gasteiger partial charge in [0.1, 0.15) is 0 Å². The topological polar surface area (TPSA) is 18.5 Å². The molecule has 3 heteroatoms. The lowest BCUT2D eigenvalue weighted by atomic mass is 10.1. The third-order valence-corrected chi connectivity index (χ3v) is 3.57. The molecule has 0 aromatic heterocycles. The zero-order valence-electron chi connectivity index (χ0n) is 9.01. The molecular weight excluding hydrogens is 244 g/mol. The summed E-state index contributed by atoms with van der Waals surface area (Å²) < 4.78 is 11.2. The SMILES string of the molecule is CCCC(CBr)COC1CCOCC1. The van der Waals surface area contributed by atoms with Crippen molar-refractivity contribution in [2.75, 3.05) is 25.2 Å². The Morgan fingerprint density at radius 1 is 1.43 bits per heavy atom. The molecular formula is C11H21BrO2. The van der Waals surface area contributed by atoms with E-state index in [1.165, 1.54) is 12.8 Å². The summed E-state index contributed by atoms with van der Waals surface area (Å²) in [5.41, 5.74) is 0. The van der Waals surface area contributed by atoms with Crippen LogP contribution in [-0.4, -0.2) is 31.3 Å². The second-order valence-corrected chi connectivity index (χ2v) is 4.60. The van der Waals surface area contributed by atoms with Crippen LogP contribution in [0, 0.1) is 5.92 Å². The van der Waals surface area contributed by atoms with Gasteiger partial charge in [0, 0.05) is 18.5 Å². The molecule has 84 valence electrons. The summed E-state index contributed by atoms with van der Waals surface area (Å²) in [5, 5.41) is 1.06. The van der Waals surface area contributed by atoms with E-state index in [2.05, 4.69) is 22.9 Å². The van der Waals surface area contributed by atoms with Gasteiger partial charge in [0.15, 0.2) is 0 Å². The van der Waals surface area contributed by atoms with Crippen LogP contribution >= 0.6 is 15.9 Å². The van der Waals surface area contributed by atoms with Crippen LogP contribution < -0.4 is 0 Å². The molecule has 0 N–H and O–H groups in total. The fraction of sp³-hybridized carbons (Fsp3) is 1.00. The van der Waals surface area contributed by atoms with Gasteiger partial charge in [-0.15, -0.1) is 0 Å². The molecule has 1 atom stereocenters. The molecule has 14 heavy (non-hydrogen) atoms. The molecule has 0 bridgehead atoms. The summed E-state index contributed by atoms with van der Waals surface area (Å²) in [5.74, 6) is 0.683. The Hall–Kier alpha value is 0.400. The zero-order valence-corrected chi connectivity index (χ0v) is 10.6. The van der Waals surface area contributed by atoms with Gasteiger partial charge in [-0.1, -0.05) is 29.3 Å². The van der Waals surface area contributed by atoms with Crippen LogP contribution in [0.2, 0.25) is 0 Å². The summed E-state index contributed by atoms with van der Waals surface area (Å²) in [7, 11) is 0. The van der Waals surface area contributed by atoms with Crippen molar-refractivity contribution in [2.24, 2.45) is 5.92 Å². The van der Waals surface area contributed by atoms with Gasteiger partial charge in [-0.2, -0.15) is 0 Å². The standard InChI is InChI=1S/C11H21BrO2/c1-2-3-10(8-12)9-14-11-4-6-13-7-5-11/h10-11H,2-9H2,1H3. The highest BCUT2D eigenvalue weighted by Crippen LogP contribution is 2.15. The Labute approximate surface area is 95.5 Å². The van der Waals surface area contributed by atoms with Crippen LogP contribution in [0.1, 0.15) is 32.6 Å². The Balaban J connectivity index is 2.10. The fourth-order valence-electron chi connectivity index (χ4n) is 1.73. The van der Waals surface area contributed by atoms with Crippen LogP contribution in [0.3, 0.4) is 0 Å². The Morgan fingerprint density at radius 3 is 2.71 bits per heavy atom. The van der Waals surface area contributed by atoms with Gasteiger partial charge >= 0.3 is 0 Å². The minimum Gasteiger partial charge on any atom is -0.381 e. The van der Waals surface area contributed by atoms with Gasteiger partial charge in [0.2, 0.25) is 0 Å². The molecule has 2 nitrogen and oxygen atoms in total. The Kier molecular flexibility index (Phi) is 6.82. The van der Waals surface area contributed by atoms with Crippen LogP contribution in [-0.2, 0) is 9.47 Å². The first-order valence-corrected chi connectivity index (χ1v) is 6.74. The first-order chi connectivity index (χ1) is 6.86. The average Bonchev–Trinajstić information content (AvgIpc) is 2.25. The first-order valence-electron chi connectivity index (χ1n) is 5.62. The van der Waals surface area contributed by atoms with E-state index < -0.39 is 0 Å². The number of alkyl halides is 1. The van der Waals surface area contributed by atoms with Crippen molar-refractivity contribution in [1.82, 2.24) is 0 Å². The van der Waals surface area contributed by atoms with Gasteiger partial charge in [0.05, 0.1) is 12.7 Å². The third kappa shape index (κ3) is 4.76. The lowest BCUT2D eigenvalue weighted by molar-refractivity contribution is -0.0412. The van der Waals surface area contributed by atoms with Gasteiger partial charge in [-0.25, -0.2) is 0 Å². The van der Waals surface area contributed by atoms with Crippen molar-refractivity contribution in [3.8, 4) is 0 Å². The van der Waals surface area contributed by atoms with Crippen molar-refractivity contribution in [2.45, 2.75) is 38.7 Å². The predicted molar refractivity (Wildman–Crippen MR) is 62.0 cm³/mol. The molecule has 0 radical (unpaired) electrons. The summed E-state index contributed by atoms with van der Waals surface area (Å²) in [6.07, 6.45) is 5.09. The fourth-order valence-corrected chi connectivity index (χ4v) is 2.24. The van der Waals surface area contributed by atoms with E-state index in [-0.39, 0.29) is 0 Å². The van der Waals surface area contributed by atoms with Crippen molar-refractivity contribution >= 4 is 15.9 Å². The number of hydrogen-bond donors (Lipinski definition) is 0. The highest BCUT2D eigenvalue weighted by atomic mass is 79.9. The smallest absolute Gasteiger partial charge is 0.0619 e. The monoisotopic (exact) mass is 264 g/mol. The van der Waals surface area contributed by atoms with E-state index in [1.807, 2.05) is 0 Å². The minimum atomic E-state index is 0.446. The van der Waals surface area contributed by atoms with E-state index in [0.29, 0.717) is 12.0 Å². The lowest BCUT2D eigenvalue weighted by Crippen LogP contribution is -2.26. The van der Waals surface area contributed by atoms with Crippen molar-refractivity contribution < 1.29 is 9.47 Å². The third-order valence-electron chi connectivity index (χ3n) is 2.65. The quantitative estimate of drug-likeness (QED) is 0.687. The molecule has 1 aliphatic rings. The molecule has 1 heterocycles. The van der Waals surface area contributed by atoms with Crippen LogP contribution in [0.5, 0.6) is 0 Å². The second-order valence-electron chi connectivity index (χ2n) is 3.95. The lowest BCUT2D eigenvalue weighted by Gasteiger charge is -2.24. The van der Waals surface area contributed by atoms with Crippen LogP contribution in [0.4, 0.5) is 0 Å². The minimum absolute atomic E-state index is 0.446. The predicted octanol–water partition coefficient (Wildman–Crippen LogP) is 2.99. The number of ether oxygens (including phenoxy) is 2. The van der Waals surface area contributed by atoms with E-state index in [0.717, 1.165) is 38.0 Å². The maximum absolute atomic E-state index is 5.88. The zero-order chi connectivity index (χ0) is 10.2. The van der Waals surface area contributed by atoms with Gasteiger partial charge in [-0.3, -0.25) is 0 Å². The average molecular weight is 265 g/mol. The highest BCUT2D eigenvalue weighted by Gasteiger charge is 2.16. The molecule has 1 rings (SSSR count). The molecule has 0 aliphatic carbocycles. The van der Waals surface area contributed by atoms with Crippen molar-refractivity contribution in [1.29, 1.82) is 0 Å². The van der Waals surface area contributed by atoms with E-state index >= 15 is 0 Å². The maximum Gasteiger partial charge on any atom is 0.0619 e. The first kappa shape index (κ1) is 12.5. The summed E-state index contributed by atoms with van der Waals surface area (Å²) in [6, 6.07) is 0. The molecule has 0 aromatic rings. The molecule has 0 amide bonds. The largest absolute Gasteiger partial charge is 0.381 e. The van der Waals surface area contributed by atoms with Gasteiger partial charge < -0.3 is 9.47 Å². The van der Waals surface area contributed by atoms with Crippen LogP contribution in [0.15, 0.2) is 0 Å². The molecule has 0 aromatic carbocycles. The molecule has 0 spiro atoms. The molecule has 1 fully saturated rings.